The van der Waals surface area contributed by atoms with Crippen LogP contribution in [0.1, 0.15) is 23.6 Å². The summed E-state index contributed by atoms with van der Waals surface area (Å²) in [6.45, 7) is 3.91. The molecule has 3 rings (SSSR count). The van der Waals surface area contributed by atoms with E-state index in [1.165, 1.54) is 4.90 Å². The maximum atomic E-state index is 12.8. The van der Waals surface area contributed by atoms with Gasteiger partial charge in [0.25, 0.3) is 5.91 Å². The molecule has 2 unspecified atom stereocenters. The number of fused-ring (bicyclic) bond motifs is 1. The molecule has 1 amide bonds. The van der Waals surface area contributed by atoms with E-state index in [4.69, 9.17) is 4.74 Å². The van der Waals surface area contributed by atoms with E-state index in [9.17, 15) is 14.7 Å². The number of hydrogen-bond acceptors (Lipinski definition) is 3. The van der Waals surface area contributed by atoms with Crippen LogP contribution in [0.15, 0.2) is 48.5 Å². The van der Waals surface area contributed by atoms with E-state index in [0.29, 0.717) is 12.2 Å². The van der Waals surface area contributed by atoms with Gasteiger partial charge in [0.1, 0.15) is 11.8 Å². The van der Waals surface area contributed by atoms with Gasteiger partial charge in [0.05, 0.1) is 0 Å². The molecular weight excluding hydrogens is 318 g/mol. The van der Waals surface area contributed by atoms with Crippen LogP contribution in [0.25, 0.3) is 0 Å². The molecule has 2 atom stereocenters. The van der Waals surface area contributed by atoms with Crippen molar-refractivity contribution in [3.63, 3.8) is 0 Å². The number of hydrogen-bond donors (Lipinski definition) is 1. The lowest BCUT2D eigenvalue weighted by molar-refractivity contribution is -0.154. The number of carbonyl (C=O) groups excluding carboxylic acids is 1. The molecule has 5 heteroatoms. The van der Waals surface area contributed by atoms with Gasteiger partial charge < -0.3 is 14.7 Å². The Labute approximate surface area is 146 Å². The molecule has 25 heavy (non-hydrogen) atoms. The average Bonchev–Trinajstić information content (AvgIpc) is 2.61. The Bertz CT molecular complexity index is 785. The average molecular weight is 339 g/mol. The van der Waals surface area contributed by atoms with Crippen molar-refractivity contribution in [2.45, 2.75) is 39.0 Å². The molecular formula is C20H21NO4. The molecule has 130 valence electrons. The van der Waals surface area contributed by atoms with Crippen molar-refractivity contribution >= 4 is 11.9 Å². The van der Waals surface area contributed by atoms with Gasteiger partial charge in [-0.2, -0.15) is 0 Å². The second-order valence-electron chi connectivity index (χ2n) is 6.37. The summed E-state index contributed by atoms with van der Waals surface area (Å²) in [7, 11) is 0. The van der Waals surface area contributed by atoms with E-state index in [-0.39, 0.29) is 12.5 Å². The monoisotopic (exact) mass is 339 g/mol. The van der Waals surface area contributed by atoms with Crippen molar-refractivity contribution in [1.29, 1.82) is 0 Å². The molecule has 2 aromatic carbocycles. The van der Waals surface area contributed by atoms with Gasteiger partial charge in [-0.25, -0.2) is 4.79 Å². The summed E-state index contributed by atoms with van der Waals surface area (Å²) in [5.41, 5.74) is 3.06. The Morgan fingerprint density at radius 2 is 1.76 bits per heavy atom. The summed E-state index contributed by atoms with van der Waals surface area (Å²) in [5.74, 6) is -0.719. The van der Waals surface area contributed by atoms with Gasteiger partial charge in [-0.3, -0.25) is 4.79 Å². The number of benzene rings is 2. The lowest BCUT2D eigenvalue weighted by Gasteiger charge is -2.35. The molecule has 2 aromatic rings. The molecule has 1 aliphatic heterocycles. The number of carboxylic acid groups (broad SMARTS) is 1. The first-order valence-electron chi connectivity index (χ1n) is 8.29. The number of aliphatic carboxylic acids is 1. The highest BCUT2D eigenvalue weighted by Gasteiger charge is 2.36. The minimum Gasteiger partial charge on any atom is -0.481 e. The number of nitrogens with zero attached hydrogens (tertiary/aromatic N) is 1. The summed E-state index contributed by atoms with van der Waals surface area (Å²) in [6, 6.07) is 14.2. The summed E-state index contributed by atoms with van der Waals surface area (Å²) in [4.78, 5) is 25.9. The highest BCUT2D eigenvalue weighted by atomic mass is 16.5. The Morgan fingerprint density at radius 1 is 1.12 bits per heavy atom. The van der Waals surface area contributed by atoms with E-state index in [1.807, 2.05) is 43.3 Å². The zero-order chi connectivity index (χ0) is 18.0. The molecule has 5 nitrogen and oxygen atoms in total. The number of amides is 1. The third-order valence-electron chi connectivity index (χ3n) is 4.50. The highest BCUT2D eigenvalue weighted by molar-refractivity contribution is 5.87. The third kappa shape index (κ3) is 3.65. The lowest BCUT2D eigenvalue weighted by Crippen LogP contribution is -2.52. The van der Waals surface area contributed by atoms with Crippen LogP contribution in [0.4, 0.5) is 0 Å². The summed E-state index contributed by atoms with van der Waals surface area (Å²) in [6.07, 6.45) is -0.441. The topological polar surface area (TPSA) is 66.8 Å². The van der Waals surface area contributed by atoms with Crippen LogP contribution in [0.3, 0.4) is 0 Å². The standard InChI is InChI=1S/C20H21NO4/c1-13-7-9-17(10-8-13)25-14(2)19(22)21-12-16-6-4-3-5-15(16)11-18(21)20(23)24/h3-10,14,18H,11-12H2,1-2H3,(H,23,24). The van der Waals surface area contributed by atoms with Gasteiger partial charge in [0.15, 0.2) is 6.10 Å². The molecule has 0 fully saturated rings. The van der Waals surface area contributed by atoms with Gasteiger partial charge in [0.2, 0.25) is 0 Å². The van der Waals surface area contributed by atoms with Gasteiger partial charge in [-0.15, -0.1) is 0 Å². The van der Waals surface area contributed by atoms with Gasteiger partial charge >= 0.3 is 5.97 Å². The van der Waals surface area contributed by atoms with E-state index >= 15 is 0 Å². The first kappa shape index (κ1) is 17.0. The molecule has 1 heterocycles. The number of aryl methyl sites for hydroxylation is 1. The molecule has 0 saturated heterocycles. The Balaban J connectivity index is 1.79. The molecule has 0 bridgehead atoms. The molecule has 1 N–H and O–H groups in total. The quantitative estimate of drug-likeness (QED) is 0.930. The minimum atomic E-state index is -0.995. The largest absolute Gasteiger partial charge is 0.481 e. The minimum absolute atomic E-state index is 0.285. The Morgan fingerprint density at radius 3 is 2.40 bits per heavy atom. The first-order valence-corrected chi connectivity index (χ1v) is 8.29. The van der Waals surface area contributed by atoms with Gasteiger partial charge in [-0.1, -0.05) is 42.0 Å². The predicted octanol–water partition coefficient (Wildman–Crippen LogP) is 2.80. The van der Waals surface area contributed by atoms with Crippen molar-refractivity contribution in [2.75, 3.05) is 0 Å². The number of rotatable bonds is 4. The Kier molecular flexibility index (Phi) is 4.74. The van der Waals surface area contributed by atoms with Crippen molar-refractivity contribution in [3.05, 3.63) is 65.2 Å². The van der Waals surface area contributed by atoms with Crippen molar-refractivity contribution in [3.8, 4) is 5.75 Å². The van der Waals surface area contributed by atoms with Crippen LogP contribution in [0.2, 0.25) is 0 Å². The van der Waals surface area contributed by atoms with Crippen molar-refractivity contribution < 1.29 is 19.4 Å². The zero-order valence-corrected chi connectivity index (χ0v) is 14.3. The molecule has 1 aliphatic rings. The third-order valence-corrected chi connectivity index (χ3v) is 4.50. The van der Waals surface area contributed by atoms with Crippen LogP contribution in [0.5, 0.6) is 5.75 Å². The van der Waals surface area contributed by atoms with Crippen molar-refractivity contribution in [1.82, 2.24) is 4.90 Å². The fraction of sp³-hybridized carbons (Fsp3) is 0.300. The van der Waals surface area contributed by atoms with Gasteiger partial charge in [0, 0.05) is 13.0 Å². The zero-order valence-electron chi connectivity index (χ0n) is 14.3. The van der Waals surface area contributed by atoms with Crippen LogP contribution in [-0.2, 0) is 22.6 Å². The van der Waals surface area contributed by atoms with Gasteiger partial charge in [-0.05, 0) is 37.1 Å². The van der Waals surface area contributed by atoms with E-state index in [0.717, 1.165) is 16.7 Å². The second-order valence-corrected chi connectivity index (χ2v) is 6.37. The molecule has 0 saturated carbocycles. The first-order chi connectivity index (χ1) is 12.0. The number of carboxylic acids is 1. The highest BCUT2D eigenvalue weighted by Crippen LogP contribution is 2.25. The van der Waals surface area contributed by atoms with Crippen LogP contribution < -0.4 is 4.74 Å². The molecule has 0 aliphatic carbocycles. The van der Waals surface area contributed by atoms with Crippen LogP contribution in [-0.4, -0.2) is 34.0 Å². The van der Waals surface area contributed by atoms with Crippen LogP contribution in [0, 0.1) is 6.92 Å². The molecule has 0 spiro atoms. The van der Waals surface area contributed by atoms with E-state index < -0.39 is 18.1 Å². The fourth-order valence-corrected chi connectivity index (χ4v) is 3.08. The number of carbonyl (C=O) groups is 2. The number of ether oxygens (including phenoxy) is 1. The van der Waals surface area contributed by atoms with Crippen LogP contribution >= 0.6 is 0 Å². The smallest absolute Gasteiger partial charge is 0.326 e. The summed E-state index contributed by atoms with van der Waals surface area (Å²) < 4.78 is 5.72. The SMILES string of the molecule is Cc1ccc(OC(C)C(=O)N2Cc3ccccc3CC2C(=O)O)cc1. The second kappa shape index (κ2) is 6.97. The molecule has 0 radical (unpaired) electrons. The lowest BCUT2D eigenvalue weighted by atomic mass is 9.93. The normalized spacial score (nSPS) is 17.5. The predicted molar refractivity (Wildman–Crippen MR) is 93.4 cm³/mol. The van der Waals surface area contributed by atoms with E-state index in [1.54, 1.807) is 19.1 Å². The fourth-order valence-electron chi connectivity index (χ4n) is 3.08. The summed E-state index contributed by atoms with van der Waals surface area (Å²) >= 11 is 0. The summed E-state index contributed by atoms with van der Waals surface area (Å²) in [5, 5.41) is 9.55. The van der Waals surface area contributed by atoms with Crippen molar-refractivity contribution in [2.24, 2.45) is 0 Å². The maximum absolute atomic E-state index is 12.8. The van der Waals surface area contributed by atoms with E-state index in [2.05, 4.69) is 0 Å². The molecule has 0 aromatic heterocycles. The maximum Gasteiger partial charge on any atom is 0.326 e. The Hall–Kier alpha value is -2.82.